The fraction of sp³-hybridized carbons (Fsp3) is 0.857. The second kappa shape index (κ2) is 3.68. The number of rotatable bonds is 0. The van der Waals surface area contributed by atoms with Gasteiger partial charge in [-0.25, -0.2) is 0 Å². The Bertz CT molecular complexity index is 128. The fourth-order valence-electron chi connectivity index (χ4n) is 1.31. The summed E-state index contributed by atoms with van der Waals surface area (Å²) in [4.78, 5) is 0. The van der Waals surface area contributed by atoms with Gasteiger partial charge >= 0.3 is 0 Å². The van der Waals surface area contributed by atoms with E-state index in [0.29, 0.717) is 5.92 Å². The van der Waals surface area contributed by atoms with Crippen molar-refractivity contribution in [2.24, 2.45) is 5.92 Å². The minimum atomic E-state index is 0.580. The van der Waals surface area contributed by atoms with Gasteiger partial charge in [-0.05, 0) is 12.8 Å². The van der Waals surface area contributed by atoms with Crippen molar-refractivity contribution in [3.8, 4) is 6.07 Å². The van der Waals surface area contributed by atoms with Crippen molar-refractivity contribution >= 4 is 12.8 Å². The van der Waals surface area contributed by atoms with E-state index in [-0.39, 0.29) is 0 Å². The molecule has 0 amide bonds. The maximum absolute atomic E-state index is 4.45. The lowest BCUT2D eigenvalue weighted by molar-refractivity contribution is 0.430. The van der Waals surface area contributed by atoms with Gasteiger partial charge in [-0.3, -0.25) is 12.8 Å². The molecule has 0 heterocycles. The highest BCUT2D eigenvalue weighted by molar-refractivity contribution is 7.61. The lowest BCUT2D eigenvalue weighted by Crippen LogP contribution is -2.02. The van der Waals surface area contributed by atoms with Crippen molar-refractivity contribution in [1.82, 2.24) is 0 Å². The van der Waals surface area contributed by atoms with E-state index in [2.05, 4.69) is 23.1 Å². The molecule has 1 aliphatic carbocycles. The topological polar surface area (TPSA) is 4.36 Å². The minimum Gasteiger partial charge on any atom is -0.264 e. The third kappa shape index (κ3) is 2.19. The average molecular weight is 141 g/mol. The maximum atomic E-state index is 4.45. The number of hydrogen-bond acceptors (Lipinski definition) is 1. The molecule has 0 atom stereocenters. The van der Waals surface area contributed by atoms with Crippen molar-refractivity contribution < 1.29 is 0 Å². The van der Waals surface area contributed by atoms with Crippen molar-refractivity contribution in [3.63, 3.8) is 0 Å². The summed E-state index contributed by atoms with van der Waals surface area (Å²) < 4.78 is 3.49. The molecule has 1 nitrogen and oxygen atoms in total. The van der Waals surface area contributed by atoms with E-state index >= 15 is 0 Å². The summed E-state index contributed by atoms with van der Waals surface area (Å²) in [7, 11) is 0. The predicted octanol–water partition coefficient (Wildman–Crippen LogP) is 2.36. The highest BCUT2D eigenvalue weighted by Crippen LogP contribution is 2.22. The van der Waals surface area contributed by atoms with E-state index in [1.54, 1.807) is 0 Å². The Labute approximate surface area is 61.8 Å². The molecule has 0 radical (unpaired) electrons. The summed E-state index contributed by atoms with van der Waals surface area (Å²) in [6.45, 7) is 0. The molecule has 9 heavy (non-hydrogen) atoms. The Morgan fingerprint density at radius 2 is 1.89 bits per heavy atom. The van der Waals surface area contributed by atoms with Crippen LogP contribution in [0.4, 0.5) is 0 Å². The van der Waals surface area contributed by atoms with Gasteiger partial charge in [-0.2, -0.15) is 4.25 Å². The van der Waals surface area contributed by atoms with Gasteiger partial charge in [-0.1, -0.05) is 19.3 Å². The highest BCUT2D eigenvalue weighted by atomic mass is 32.1. The predicted molar refractivity (Wildman–Crippen MR) is 41.2 cm³/mol. The van der Waals surface area contributed by atoms with Crippen LogP contribution in [0.2, 0.25) is 0 Å². The van der Waals surface area contributed by atoms with E-state index in [9.17, 15) is 0 Å². The lowest BCUT2D eigenvalue weighted by atomic mass is 9.91. The average Bonchev–Trinajstić information content (AvgIpc) is 1.91. The maximum Gasteiger partial charge on any atom is 0.256 e. The minimum absolute atomic E-state index is 0.580. The molecule has 0 unspecified atom stereocenters. The lowest BCUT2D eigenvalue weighted by Gasteiger charge is -2.11. The van der Waals surface area contributed by atoms with Gasteiger partial charge < -0.3 is 0 Å². The van der Waals surface area contributed by atoms with Crippen molar-refractivity contribution in [2.45, 2.75) is 32.1 Å². The molecule has 0 aromatic heterocycles. The molecular formula is C7H11NS. The zero-order valence-corrected chi connectivity index (χ0v) is 6.28. The largest absolute Gasteiger partial charge is 0.264 e. The number of hydrogen-bond donors (Lipinski definition) is 0. The van der Waals surface area contributed by atoms with Gasteiger partial charge in [0.15, 0.2) is 0 Å². The van der Waals surface area contributed by atoms with Gasteiger partial charge in [0.2, 0.25) is 0 Å². The van der Waals surface area contributed by atoms with Crippen LogP contribution in [-0.4, -0.2) is 0 Å². The SMILES string of the molecule is [S-][N+]#CC1CCCCC1. The van der Waals surface area contributed by atoms with Gasteiger partial charge in [0.25, 0.3) is 6.07 Å². The quantitative estimate of drug-likeness (QED) is 0.468. The molecule has 0 aromatic carbocycles. The molecule has 1 rings (SSSR count). The summed E-state index contributed by atoms with van der Waals surface area (Å²) >= 11 is 4.45. The standard InChI is InChI=1S/C7H11NS/c9-8-6-7-4-2-1-3-5-7/h7H,1-5H2. The molecule has 0 saturated heterocycles. The Balaban J connectivity index is 2.28. The molecule has 0 aromatic rings. The number of nitrogens with zero attached hydrogens (tertiary/aromatic N) is 1. The second-order valence-corrected chi connectivity index (χ2v) is 2.74. The molecule has 1 saturated carbocycles. The molecule has 1 aliphatic rings. The van der Waals surface area contributed by atoms with Crippen LogP contribution in [0.5, 0.6) is 0 Å². The monoisotopic (exact) mass is 141 g/mol. The van der Waals surface area contributed by atoms with E-state index in [4.69, 9.17) is 0 Å². The van der Waals surface area contributed by atoms with E-state index in [1.165, 1.54) is 32.1 Å². The van der Waals surface area contributed by atoms with Crippen LogP contribution < -0.4 is 0 Å². The van der Waals surface area contributed by atoms with E-state index < -0.39 is 0 Å². The van der Waals surface area contributed by atoms with Crippen molar-refractivity contribution in [1.29, 1.82) is 0 Å². The first-order valence-electron chi connectivity index (χ1n) is 3.51. The zero-order valence-electron chi connectivity index (χ0n) is 5.47. The summed E-state index contributed by atoms with van der Waals surface area (Å²) in [6.07, 6.45) is 6.56. The van der Waals surface area contributed by atoms with Crippen LogP contribution in [0, 0.1) is 12.0 Å². The molecule has 2 heteroatoms. The third-order valence-electron chi connectivity index (χ3n) is 1.84. The first kappa shape index (κ1) is 6.82. The van der Waals surface area contributed by atoms with Crippen molar-refractivity contribution in [3.05, 3.63) is 4.25 Å². The summed E-state index contributed by atoms with van der Waals surface area (Å²) in [5.41, 5.74) is 0. The van der Waals surface area contributed by atoms with Gasteiger partial charge in [0.1, 0.15) is 0 Å². The first-order valence-corrected chi connectivity index (χ1v) is 3.88. The van der Waals surface area contributed by atoms with Gasteiger partial charge in [0.05, 0.1) is 5.92 Å². The van der Waals surface area contributed by atoms with E-state index in [0.717, 1.165) is 0 Å². The van der Waals surface area contributed by atoms with Crippen molar-refractivity contribution in [2.75, 3.05) is 0 Å². The smallest absolute Gasteiger partial charge is 0.256 e. The molecular weight excluding hydrogens is 130 g/mol. The van der Waals surface area contributed by atoms with Crippen LogP contribution in [0.1, 0.15) is 32.1 Å². The summed E-state index contributed by atoms with van der Waals surface area (Å²) in [5, 5.41) is 0. The molecule has 0 bridgehead atoms. The molecule has 50 valence electrons. The Kier molecular flexibility index (Phi) is 2.79. The summed E-state index contributed by atoms with van der Waals surface area (Å²) in [6, 6.07) is 2.92. The molecule has 0 spiro atoms. The van der Waals surface area contributed by atoms with Crippen LogP contribution in [-0.2, 0) is 12.8 Å². The molecule has 0 N–H and O–H groups in total. The molecule has 0 aliphatic heterocycles. The fourth-order valence-corrected chi connectivity index (χ4v) is 1.46. The zero-order chi connectivity index (χ0) is 6.53. The normalized spacial score (nSPS) is 20.4. The Morgan fingerprint density at radius 3 is 2.44 bits per heavy atom. The van der Waals surface area contributed by atoms with Crippen LogP contribution in [0.15, 0.2) is 0 Å². The van der Waals surface area contributed by atoms with E-state index in [1.807, 2.05) is 0 Å². The van der Waals surface area contributed by atoms with Gasteiger partial charge in [0, 0.05) is 0 Å². The van der Waals surface area contributed by atoms with Crippen LogP contribution >= 0.6 is 0 Å². The Hall–Kier alpha value is -0.290. The Morgan fingerprint density at radius 1 is 1.22 bits per heavy atom. The first-order chi connectivity index (χ1) is 4.43. The molecule has 1 fully saturated rings. The second-order valence-electron chi connectivity index (χ2n) is 2.56. The van der Waals surface area contributed by atoms with Crippen LogP contribution in [0.25, 0.3) is 4.25 Å². The summed E-state index contributed by atoms with van der Waals surface area (Å²) in [5.74, 6) is 0.580. The van der Waals surface area contributed by atoms with Gasteiger partial charge in [-0.15, -0.1) is 0 Å². The van der Waals surface area contributed by atoms with Crippen LogP contribution in [0.3, 0.4) is 0 Å². The third-order valence-corrected chi connectivity index (χ3v) is 1.95. The highest BCUT2D eigenvalue weighted by Gasteiger charge is 2.14.